The lowest BCUT2D eigenvalue weighted by molar-refractivity contribution is -0.368. The van der Waals surface area contributed by atoms with Crippen molar-refractivity contribution in [1.82, 2.24) is 0 Å². The maximum atomic E-state index is 13.7. The number of methoxy groups -OCH3 is 1. The van der Waals surface area contributed by atoms with Gasteiger partial charge in [-0.1, -0.05) is 44.0 Å². The van der Waals surface area contributed by atoms with Crippen molar-refractivity contribution in [1.29, 1.82) is 0 Å². The third kappa shape index (κ3) is 7.78. The van der Waals surface area contributed by atoms with Gasteiger partial charge in [0.05, 0.1) is 6.10 Å². The lowest BCUT2D eigenvalue weighted by atomic mass is 9.70. The summed E-state index contributed by atoms with van der Waals surface area (Å²) in [5.74, 6) is 3.98. The Bertz CT molecular complexity index is 1210. The van der Waals surface area contributed by atoms with Crippen molar-refractivity contribution < 1.29 is 50.8 Å². The summed E-state index contributed by atoms with van der Waals surface area (Å²) in [5, 5.41) is 18.9. The fourth-order valence-electron chi connectivity index (χ4n) is 4.84. The molecule has 0 spiro atoms. The summed E-state index contributed by atoms with van der Waals surface area (Å²) in [7, 11) is 0.912. The van der Waals surface area contributed by atoms with E-state index in [0.29, 0.717) is 37.0 Å². The average molecular weight is 605 g/mol. The lowest BCUT2D eigenvalue weighted by Gasteiger charge is -2.34. The second-order valence-corrected chi connectivity index (χ2v) is 10.1. The quantitative estimate of drug-likeness (QED) is 0.150. The standard InChI is InChI=1S/C31H38F6O5/c1-6-28(7-2,25-12-13-27(22(4)18-25)41-19-26(39)9-8-16-38)24-11-10-23(21(3)17-24)14-15-29(30(32,33)34,31(35,36)37)42-20-40-5/h10-13,17-18,26,38-39H,6-9,16,19-20H2,1-5H3. The Morgan fingerprint density at radius 2 is 1.45 bits per heavy atom. The molecule has 5 nitrogen and oxygen atoms in total. The first-order chi connectivity index (χ1) is 19.6. The molecule has 2 aromatic carbocycles. The molecule has 0 aliphatic heterocycles. The molecule has 1 unspecified atom stereocenters. The van der Waals surface area contributed by atoms with E-state index in [-0.39, 0.29) is 18.8 Å². The van der Waals surface area contributed by atoms with Crippen molar-refractivity contribution in [3.8, 4) is 17.6 Å². The Hall–Kier alpha value is -2.78. The first-order valence-electron chi connectivity index (χ1n) is 13.6. The first-order valence-corrected chi connectivity index (χ1v) is 13.6. The highest BCUT2D eigenvalue weighted by Crippen LogP contribution is 2.46. The van der Waals surface area contributed by atoms with Gasteiger partial charge >= 0.3 is 18.0 Å². The number of ether oxygens (including phenoxy) is 3. The number of rotatable bonds is 13. The van der Waals surface area contributed by atoms with Crippen LogP contribution in [0.5, 0.6) is 5.75 Å². The van der Waals surface area contributed by atoms with Gasteiger partial charge in [-0.15, -0.1) is 0 Å². The summed E-state index contributed by atoms with van der Waals surface area (Å²) in [4.78, 5) is 0. The van der Waals surface area contributed by atoms with Crippen LogP contribution in [0, 0.1) is 25.7 Å². The number of hydrogen-bond donors (Lipinski definition) is 2. The average Bonchev–Trinajstić information content (AvgIpc) is 2.92. The Morgan fingerprint density at radius 3 is 1.93 bits per heavy atom. The zero-order valence-corrected chi connectivity index (χ0v) is 24.4. The molecule has 2 rings (SSSR count). The number of aryl methyl sites for hydroxylation is 2. The molecular formula is C31H38F6O5. The molecule has 0 heterocycles. The van der Waals surface area contributed by atoms with E-state index in [4.69, 9.17) is 9.84 Å². The van der Waals surface area contributed by atoms with E-state index in [9.17, 15) is 31.4 Å². The van der Waals surface area contributed by atoms with E-state index in [1.807, 2.05) is 39.0 Å². The van der Waals surface area contributed by atoms with Crippen molar-refractivity contribution in [2.75, 3.05) is 27.1 Å². The molecule has 0 saturated heterocycles. The maximum Gasteiger partial charge on any atom is 0.438 e. The monoisotopic (exact) mass is 604 g/mol. The van der Waals surface area contributed by atoms with Crippen molar-refractivity contribution in [2.24, 2.45) is 0 Å². The number of aliphatic hydroxyl groups is 2. The van der Waals surface area contributed by atoms with Crippen LogP contribution in [0.1, 0.15) is 67.3 Å². The molecule has 0 fully saturated rings. The summed E-state index contributed by atoms with van der Waals surface area (Å²) in [6.45, 7) is 6.25. The summed E-state index contributed by atoms with van der Waals surface area (Å²) in [5.41, 5.74) is -2.20. The van der Waals surface area contributed by atoms with Gasteiger partial charge in [0.15, 0.2) is 0 Å². The van der Waals surface area contributed by atoms with Crippen LogP contribution in [0.15, 0.2) is 36.4 Å². The molecule has 42 heavy (non-hydrogen) atoms. The van der Waals surface area contributed by atoms with Gasteiger partial charge in [-0.05, 0) is 79.8 Å². The molecule has 0 radical (unpaired) electrons. The van der Waals surface area contributed by atoms with Crippen molar-refractivity contribution >= 4 is 0 Å². The van der Waals surface area contributed by atoms with Crippen molar-refractivity contribution in [2.45, 2.75) is 82.9 Å². The van der Waals surface area contributed by atoms with E-state index in [0.717, 1.165) is 23.8 Å². The molecular weight excluding hydrogens is 566 g/mol. The number of benzene rings is 2. The van der Waals surface area contributed by atoms with Gasteiger partial charge in [-0.25, -0.2) is 0 Å². The van der Waals surface area contributed by atoms with E-state index in [1.54, 1.807) is 19.1 Å². The number of hydrogen-bond acceptors (Lipinski definition) is 5. The van der Waals surface area contributed by atoms with E-state index >= 15 is 0 Å². The minimum absolute atomic E-state index is 0.00145. The van der Waals surface area contributed by atoms with Crippen LogP contribution in [0.3, 0.4) is 0 Å². The van der Waals surface area contributed by atoms with Gasteiger partial charge in [0.1, 0.15) is 19.1 Å². The minimum atomic E-state index is -5.87. The van der Waals surface area contributed by atoms with E-state index in [2.05, 4.69) is 15.4 Å². The highest BCUT2D eigenvalue weighted by Gasteiger charge is 2.72. The van der Waals surface area contributed by atoms with Gasteiger partial charge in [0.2, 0.25) is 0 Å². The van der Waals surface area contributed by atoms with Crippen LogP contribution in [0.4, 0.5) is 26.3 Å². The summed E-state index contributed by atoms with van der Waals surface area (Å²) in [6.07, 6.45) is -10.3. The summed E-state index contributed by atoms with van der Waals surface area (Å²) < 4.78 is 96.2. The Labute approximate surface area is 242 Å². The largest absolute Gasteiger partial charge is 0.491 e. The molecule has 11 heteroatoms. The molecule has 0 saturated carbocycles. The van der Waals surface area contributed by atoms with Gasteiger partial charge in [0, 0.05) is 24.7 Å². The predicted octanol–water partition coefficient (Wildman–Crippen LogP) is 6.76. The Kier molecular flexibility index (Phi) is 12.3. The highest BCUT2D eigenvalue weighted by molar-refractivity contribution is 5.50. The lowest BCUT2D eigenvalue weighted by Crippen LogP contribution is -2.58. The Balaban J connectivity index is 2.48. The van der Waals surface area contributed by atoms with Gasteiger partial charge in [0.25, 0.3) is 0 Å². The molecule has 2 N–H and O–H groups in total. The van der Waals surface area contributed by atoms with Crippen LogP contribution in [-0.4, -0.2) is 61.4 Å². The topological polar surface area (TPSA) is 68.2 Å². The fraction of sp³-hybridized carbons (Fsp3) is 0.548. The highest BCUT2D eigenvalue weighted by atomic mass is 19.4. The smallest absolute Gasteiger partial charge is 0.438 e. The molecule has 0 aliphatic rings. The second kappa shape index (κ2) is 14.6. The first kappa shape index (κ1) is 35.4. The van der Waals surface area contributed by atoms with Gasteiger partial charge in [-0.2, -0.15) is 26.3 Å². The summed E-state index contributed by atoms with van der Waals surface area (Å²) >= 11 is 0. The van der Waals surface area contributed by atoms with E-state index < -0.39 is 36.3 Å². The third-order valence-electron chi connectivity index (χ3n) is 7.41. The van der Waals surface area contributed by atoms with Gasteiger partial charge in [-0.3, -0.25) is 0 Å². The third-order valence-corrected chi connectivity index (χ3v) is 7.41. The molecule has 0 bridgehead atoms. The van der Waals surface area contributed by atoms with Crippen LogP contribution >= 0.6 is 0 Å². The van der Waals surface area contributed by atoms with Crippen molar-refractivity contribution in [3.05, 3.63) is 64.2 Å². The maximum absolute atomic E-state index is 13.7. The van der Waals surface area contributed by atoms with Gasteiger partial charge < -0.3 is 24.4 Å². The SMILES string of the molecule is CCC(CC)(c1ccc(C#CC(OCOC)(C(F)(F)F)C(F)(F)F)c(C)c1)c1ccc(OCC(O)CCCO)c(C)c1. The molecule has 234 valence electrons. The van der Waals surface area contributed by atoms with Crippen LogP contribution in [-0.2, 0) is 14.9 Å². The Morgan fingerprint density at radius 1 is 0.881 bits per heavy atom. The number of aliphatic hydroxyl groups excluding tert-OH is 2. The van der Waals surface area contributed by atoms with Crippen molar-refractivity contribution in [3.63, 3.8) is 0 Å². The number of halogens is 6. The summed E-state index contributed by atoms with van der Waals surface area (Å²) in [6, 6.07) is 10.5. The molecule has 0 aliphatic carbocycles. The van der Waals surface area contributed by atoms with Crippen LogP contribution in [0.2, 0.25) is 0 Å². The molecule has 0 amide bonds. The second-order valence-electron chi connectivity index (χ2n) is 10.1. The van der Waals surface area contributed by atoms with E-state index in [1.165, 1.54) is 12.0 Å². The molecule has 2 aromatic rings. The van der Waals surface area contributed by atoms with Crippen LogP contribution < -0.4 is 4.74 Å². The normalized spacial score (nSPS) is 13.5. The fourth-order valence-corrected chi connectivity index (χ4v) is 4.84. The van der Waals surface area contributed by atoms with Crippen LogP contribution in [0.25, 0.3) is 0 Å². The molecule has 0 aromatic heterocycles. The minimum Gasteiger partial charge on any atom is -0.491 e. The zero-order valence-electron chi connectivity index (χ0n) is 24.4. The zero-order chi connectivity index (χ0) is 31.8. The molecule has 1 atom stereocenters. The predicted molar refractivity (Wildman–Crippen MR) is 146 cm³/mol. The number of alkyl halides is 6.